The molecule has 114 valence electrons. The van der Waals surface area contributed by atoms with Gasteiger partial charge in [0.15, 0.2) is 5.78 Å². The molecule has 0 bridgehead atoms. The fraction of sp³-hybridized carbons (Fsp3) is 0.389. The number of hydrogen-bond acceptors (Lipinski definition) is 3. The van der Waals surface area contributed by atoms with Gasteiger partial charge in [-0.25, -0.2) is 0 Å². The number of nitrogens with zero attached hydrogens (tertiary/aromatic N) is 1. The maximum absolute atomic E-state index is 12.4. The lowest BCUT2D eigenvalue weighted by atomic mass is 9.85. The van der Waals surface area contributed by atoms with Crippen LogP contribution in [0.25, 0.3) is 0 Å². The van der Waals surface area contributed by atoms with E-state index >= 15 is 0 Å². The summed E-state index contributed by atoms with van der Waals surface area (Å²) < 4.78 is 0. The number of hydrogen-bond donors (Lipinski definition) is 0. The van der Waals surface area contributed by atoms with Crippen LogP contribution in [0.5, 0.6) is 0 Å². The molecule has 1 atom stereocenters. The van der Waals surface area contributed by atoms with Gasteiger partial charge in [-0.1, -0.05) is 32.9 Å². The van der Waals surface area contributed by atoms with Crippen molar-refractivity contribution in [3.05, 3.63) is 47.0 Å². The molecule has 1 aliphatic heterocycles. The first kappa shape index (κ1) is 14.7. The number of rotatable bonds is 2. The number of benzene rings is 1. The Kier molecular flexibility index (Phi) is 3.28. The van der Waals surface area contributed by atoms with Crippen LogP contribution in [0.4, 0.5) is 0 Å². The summed E-state index contributed by atoms with van der Waals surface area (Å²) in [5, 5.41) is 0. The molecule has 2 aliphatic rings. The molecule has 0 fully saturated rings. The molecule has 0 spiro atoms. The molecule has 1 heterocycles. The molecule has 0 radical (unpaired) electrons. The number of carbonyl (C=O) groups excluding carboxylic acids is 3. The minimum absolute atomic E-state index is 0.105. The second-order valence-corrected chi connectivity index (χ2v) is 6.93. The quantitative estimate of drug-likeness (QED) is 0.623. The van der Waals surface area contributed by atoms with Crippen LogP contribution in [0.2, 0.25) is 0 Å². The smallest absolute Gasteiger partial charge is 0.254 e. The summed E-state index contributed by atoms with van der Waals surface area (Å²) in [6, 6.07) is 5.42. The Labute approximate surface area is 129 Å². The molecule has 0 saturated carbocycles. The second kappa shape index (κ2) is 4.90. The molecule has 4 heteroatoms. The number of imide groups is 1. The van der Waals surface area contributed by atoms with E-state index in [1.165, 1.54) is 17.1 Å². The first-order valence-corrected chi connectivity index (χ1v) is 7.52. The van der Waals surface area contributed by atoms with Crippen molar-refractivity contribution in [1.82, 2.24) is 4.90 Å². The molecule has 0 saturated heterocycles. The number of Topliss-reactive ketones (excluding diaryl/α,β-unsaturated/α-hetero) is 1. The van der Waals surface area contributed by atoms with Crippen LogP contribution >= 0.6 is 0 Å². The zero-order chi connectivity index (χ0) is 16.1. The number of ketones is 1. The highest BCUT2D eigenvalue weighted by Gasteiger charge is 2.36. The van der Waals surface area contributed by atoms with Crippen LogP contribution in [0.15, 0.2) is 30.4 Å². The summed E-state index contributed by atoms with van der Waals surface area (Å²) in [5.41, 5.74) is 2.32. The van der Waals surface area contributed by atoms with Gasteiger partial charge in [0.1, 0.15) is 0 Å². The van der Waals surface area contributed by atoms with E-state index in [1.807, 2.05) is 39.0 Å². The molecule has 3 rings (SSSR count). The summed E-state index contributed by atoms with van der Waals surface area (Å²) in [7, 11) is 0. The first-order chi connectivity index (χ1) is 10.3. The summed E-state index contributed by atoms with van der Waals surface area (Å²) in [6.07, 6.45) is 4.14. The summed E-state index contributed by atoms with van der Waals surface area (Å²) in [5.74, 6) is -0.399. The van der Waals surface area contributed by atoms with Gasteiger partial charge >= 0.3 is 0 Å². The van der Waals surface area contributed by atoms with Gasteiger partial charge in [-0.05, 0) is 30.0 Å². The van der Waals surface area contributed by atoms with Crippen molar-refractivity contribution in [2.24, 2.45) is 5.41 Å². The van der Waals surface area contributed by atoms with E-state index < -0.39 is 5.41 Å². The van der Waals surface area contributed by atoms with Gasteiger partial charge in [0.05, 0.1) is 6.04 Å². The fourth-order valence-corrected chi connectivity index (χ4v) is 3.16. The molecule has 0 aromatic heterocycles. The first-order valence-electron chi connectivity index (χ1n) is 7.52. The maximum Gasteiger partial charge on any atom is 0.254 e. The molecular weight excluding hydrogens is 278 g/mol. The average Bonchev–Trinajstić information content (AvgIpc) is 3.00. The Morgan fingerprint density at radius 2 is 1.77 bits per heavy atom. The second-order valence-electron chi connectivity index (χ2n) is 6.93. The lowest BCUT2D eigenvalue weighted by Gasteiger charge is -2.23. The fourth-order valence-electron chi connectivity index (χ4n) is 3.16. The lowest BCUT2D eigenvalue weighted by molar-refractivity contribution is -0.139. The van der Waals surface area contributed by atoms with Gasteiger partial charge in [0.25, 0.3) is 11.8 Å². The zero-order valence-electron chi connectivity index (χ0n) is 13.1. The predicted molar refractivity (Wildman–Crippen MR) is 82.3 cm³/mol. The van der Waals surface area contributed by atoms with Crippen LogP contribution in [-0.4, -0.2) is 22.5 Å². The van der Waals surface area contributed by atoms with E-state index in [9.17, 15) is 14.4 Å². The molecule has 1 aliphatic carbocycles. The van der Waals surface area contributed by atoms with E-state index in [-0.39, 0.29) is 23.6 Å². The standard InChI is InChI=1S/C18H19NO3/c1-18(2,3)17(22)12-4-6-13-11(10-12)5-7-14(13)19-15(20)8-9-16(19)21/h4,6,8-10,14H,5,7H2,1-3H3/t14-/m0/s1. The average molecular weight is 297 g/mol. The maximum atomic E-state index is 12.4. The molecule has 0 unspecified atom stereocenters. The Bertz CT molecular complexity index is 692. The van der Waals surface area contributed by atoms with Crippen molar-refractivity contribution in [2.75, 3.05) is 0 Å². The van der Waals surface area contributed by atoms with E-state index in [4.69, 9.17) is 0 Å². The van der Waals surface area contributed by atoms with Gasteiger partial charge < -0.3 is 0 Å². The summed E-state index contributed by atoms with van der Waals surface area (Å²) in [4.78, 5) is 37.4. The molecule has 1 aromatic rings. The SMILES string of the molecule is CC(C)(C)C(=O)c1ccc2c(c1)CC[C@@H]2N1C(=O)C=CC1=O. The van der Waals surface area contributed by atoms with Crippen LogP contribution in [0.1, 0.15) is 54.7 Å². The Balaban J connectivity index is 1.92. The Hall–Kier alpha value is -2.23. The normalized spacial score (nSPS) is 20.7. The topological polar surface area (TPSA) is 54.5 Å². The van der Waals surface area contributed by atoms with Gasteiger partial charge in [0, 0.05) is 23.1 Å². The van der Waals surface area contributed by atoms with E-state index in [2.05, 4.69) is 0 Å². The van der Waals surface area contributed by atoms with E-state index in [0.717, 1.165) is 24.0 Å². The summed E-state index contributed by atoms with van der Waals surface area (Å²) >= 11 is 0. The van der Waals surface area contributed by atoms with Gasteiger partial charge in [0.2, 0.25) is 0 Å². The minimum atomic E-state index is -0.420. The third kappa shape index (κ3) is 2.28. The molecule has 4 nitrogen and oxygen atoms in total. The van der Waals surface area contributed by atoms with E-state index in [0.29, 0.717) is 5.56 Å². The predicted octanol–water partition coefficient (Wildman–Crippen LogP) is 2.83. The monoisotopic (exact) mass is 297 g/mol. The van der Waals surface area contributed by atoms with Crippen LogP contribution in [0, 0.1) is 5.41 Å². The molecule has 2 amide bonds. The highest BCUT2D eigenvalue weighted by Crippen LogP contribution is 2.38. The van der Waals surface area contributed by atoms with Crippen molar-refractivity contribution < 1.29 is 14.4 Å². The van der Waals surface area contributed by atoms with Crippen molar-refractivity contribution in [1.29, 1.82) is 0 Å². The molecule has 22 heavy (non-hydrogen) atoms. The van der Waals surface area contributed by atoms with Gasteiger partial charge in [-0.3, -0.25) is 19.3 Å². The number of aryl methyl sites for hydroxylation is 1. The third-order valence-electron chi connectivity index (χ3n) is 4.29. The third-order valence-corrected chi connectivity index (χ3v) is 4.29. The van der Waals surface area contributed by atoms with Gasteiger partial charge in [-0.15, -0.1) is 0 Å². The number of fused-ring (bicyclic) bond motifs is 1. The van der Waals surface area contributed by atoms with Crippen LogP contribution < -0.4 is 0 Å². The van der Waals surface area contributed by atoms with Gasteiger partial charge in [-0.2, -0.15) is 0 Å². The molecule has 0 N–H and O–H groups in total. The van der Waals surface area contributed by atoms with Crippen molar-refractivity contribution in [3.63, 3.8) is 0 Å². The van der Waals surface area contributed by atoms with Crippen molar-refractivity contribution in [3.8, 4) is 0 Å². The largest absolute Gasteiger partial charge is 0.294 e. The highest BCUT2D eigenvalue weighted by atomic mass is 16.2. The van der Waals surface area contributed by atoms with Crippen LogP contribution in [0.3, 0.4) is 0 Å². The summed E-state index contributed by atoms with van der Waals surface area (Å²) in [6.45, 7) is 5.70. The minimum Gasteiger partial charge on any atom is -0.294 e. The van der Waals surface area contributed by atoms with Crippen molar-refractivity contribution in [2.45, 2.75) is 39.7 Å². The lowest BCUT2D eigenvalue weighted by Crippen LogP contribution is -2.33. The zero-order valence-corrected chi connectivity index (χ0v) is 13.1. The van der Waals surface area contributed by atoms with E-state index in [1.54, 1.807) is 0 Å². The Morgan fingerprint density at radius 1 is 1.14 bits per heavy atom. The number of amides is 2. The van der Waals surface area contributed by atoms with Crippen LogP contribution in [-0.2, 0) is 16.0 Å². The Morgan fingerprint density at radius 3 is 2.36 bits per heavy atom. The highest BCUT2D eigenvalue weighted by molar-refractivity contribution is 6.13. The molecular formula is C18H19NO3. The molecule has 1 aromatic carbocycles. The van der Waals surface area contributed by atoms with Crippen molar-refractivity contribution >= 4 is 17.6 Å². The number of carbonyl (C=O) groups is 3.